The first-order valence-electron chi connectivity index (χ1n) is 10.4. The van der Waals surface area contributed by atoms with E-state index in [1.807, 2.05) is 6.08 Å². The van der Waals surface area contributed by atoms with Gasteiger partial charge in [0, 0.05) is 0 Å². The van der Waals surface area contributed by atoms with Gasteiger partial charge in [-0.15, -0.1) is 6.58 Å². The summed E-state index contributed by atoms with van der Waals surface area (Å²) in [6, 6.07) is 10.4. The molecular weight excluding hydrogens is 357 g/mol. The number of rotatable bonds is 4. The third-order valence-corrected chi connectivity index (χ3v) is 6.63. The lowest BCUT2D eigenvalue weighted by Gasteiger charge is -2.32. The van der Waals surface area contributed by atoms with Gasteiger partial charge in [-0.05, 0) is 103 Å². The smallest absolute Gasteiger partial charge is 0.166 e. The molecule has 148 valence electrons. The van der Waals surface area contributed by atoms with E-state index >= 15 is 0 Å². The molecule has 3 heteroatoms. The second-order valence-corrected chi connectivity index (χ2v) is 8.38. The van der Waals surface area contributed by atoms with Crippen molar-refractivity contribution in [2.24, 2.45) is 5.92 Å². The van der Waals surface area contributed by atoms with Crippen molar-refractivity contribution in [2.45, 2.75) is 63.5 Å². The number of hydrogen-bond acceptors (Lipinski definition) is 0. The lowest BCUT2D eigenvalue weighted by Crippen LogP contribution is -2.20. The molecule has 2 aliphatic rings. The number of allylic oxidation sites excluding steroid dienone is 1. The molecule has 0 nitrogen and oxygen atoms in total. The third kappa shape index (κ3) is 3.90. The number of hydrogen-bond donors (Lipinski definition) is 0. The molecule has 0 saturated heterocycles. The summed E-state index contributed by atoms with van der Waals surface area (Å²) in [6.07, 6.45) is 6.70. The lowest BCUT2D eigenvalue weighted by molar-refractivity contribution is -0.137. The Labute approximate surface area is 165 Å². The molecule has 0 unspecified atom stereocenters. The Morgan fingerprint density at radius 3 is 2.18 bits per heavy atom. The zero-order valence-electron chi connectivity index (χ0n) is 16.2. The minimum absolute atomic E-state index is 0.316. The third-order valence-electron chi connectivity index (χ3n) is 6.63. The van der Waals surface area contributed by atoms with Gasteiger partial charge in [0.25, 0.3) is 0 Å². The molecule has 0 spiro atoms. The molecule has 0 bridgehead atoms. The van der Waals surface area contributed by atoms with E-state index < -0.39 is 11.7 Å². The largest absolute Gasteiger partial charge is 0.416 e. The van der Waals surface area contributed by atoms with Gasteiger partial charge in [0.2, 0.25) is 0 Å². The quantitative estimate of drug-likeness (QED) is 0.496. The van der Waals surface area contributed by atoms with Gasteiger partial charge < -0.3 is 0 Å². The van der Waals surface area contributed by atoms with Crippen LogP contribution in [0, 0.1) is 5.92 Å². The first-order chi connectivity index (χ1) is 13.5. The van der Waals surface area contributed by atoms with Crippen LogP contribution < -0.4 is 0 Å². The normalized spacial score (nSPS) is 21.7. The number of alkyl halides is 3. The Kier molecular flexibility index (Phi) is 5.35. The fourth-order valence-corrected chi connectivity index (χ4v) is 5.07. The van der Waals surface area contributed by atoms with Crippen LogP contribution in [0.4, 0.5) is 13.2 Å². The monoisotopic (exact) mass is 384 g/mol. The molecule has 2 aromatic rings. The molecule has 2 aromatic carbocycles. The van der Waals surface area contributed by atoms with Gasteiger partial charge in [0.1, 0.15) is 0 Å². The van der Waals surface area contributed by atoms with Crippen LogP contribution in [0.2, 0.25) is 0 Å². The minimum Gasteiger partial charge on any atom is -0.166 e. The van der Waals surface area contributed by atoms with E-state index in [1.165, 1.54) is 54.5 Å². The van der Waals surface area contributed by atoms with Crippen LogP contribution in [0.3, 0.4) is 0 Å². The summed E-state index contributed by atoms with van der Waals surface area (Å²) in [5, 5.41) is 0. The Bertz CT molecular complexity index is 845. The molecule has 0 heterocycles. The predicted octanol–water partition coefficient (Wildman–Crippen LogP) is 7.05. The van der Waals surface area contributed by atoms with Crippen LogP contribution in [0.25, 0.3) is 0 Å². The zero-order chi connectivity index (χ0) is 19.7. The highest BCUT2D eigenvalue weighted by atomic mass is 19.4. The maximum Gasteiger partial charge on any atom is 0.416 e. The van der Waals surface area contributed by atoms with Crippen molar-refractivity contribution in [1.29, 1.82) is 0 Å². The Morgan fingerprint density at radius 1 is 0.893 bits per heavy atom. The average Bonchev–Trinajstić information content (AvgIpc) is 2.71. The van der Waals surface area contributed by atoms with E-state index in [0.717, 1.165) is 37.2 Å². The Hall–Kier alpha value is -2.03. The van der Waals surface area contributed by atoms with Crippen molar-refractivity contribution in [3.8, 4) is 0 Å². The molecule has 4 rings (SSSR count). The SMILES string of the molecule is C=CCC[C@H]1CCc2c(ccc3c2CC[C@H](c2ccc(C(F)(F)F)cc2)C3)C1. The van der Waals surface area contributed by atoms with Gasteiger partial charge in [-0.25, -0.2) is 0 Å². The number of benzene rings is 2. The summed E-state index contributed by atoms with van der Waals surface area (Å²) in [6.45, 7) is 3.84. The second-order valence-electron chi connectivity index (χ2n) is 8.38. The molecule has 2 atom stereocenters. The summed E-state index contributed by atoms with van der Waals surface area (Å²) < 4.78 is 38.4. The van der Waals surface area contributed by atoms with Crippen LogP contribution >= 0.6 is 0 Å². The second kappa shape index (κ2) is 7.77. The van der Waals surface area contributed by atoms with E-state index in [-0.39, 0.29) is 0 Å². The molecule has 28 heavy (non-hydrogen) atoms. The standard InChI is InChI=1S/C25H27F3/c1-2-3-4-17-5-13-23-20(15-17)6-7-21-16-19(10-14-24(21)23)18-8-11-22(12-9-18)25(26,27)28/h2,6-9,11-12,17,19H,1,3-5,10,13-16H2/t17-,19-/m0/s1. The fraction of sp³-hybridized carbons (Fsp3) is 0.440. The average molecular weight is 384 g/mol. The van der Waals surface area contributed by atoms with Crippen molar-refractivity contribution in [3.05, 3.63) is 82.4 Å². The van der Waals surface area contributed by atoms with Crippen molar-refractivity contribution in [1.82, 2.24) is 0 Å². The molecule has 0 saturated carbocycles. The highest BCUT2D eigenvalue weighted by molar-refractivity contribution is 5.45. The molecule has 0 radical (unpaired) electrons. The Morgan fingerprint density at radius 2 is 1.54 bits per heavy atom. The van der Waals surface area contributed by atoms with E-state index in [1.54, 1.807) is 17.7 Å². The van der Waals surface area contributed by atoms with Gasteiger partial charge in [-0.1, -0.05) is 30.3 Å². The van der Waals surface area contributed by atoms with Gasteiger partial charge in [0.05, 0.1) is 5.56 Å². The first kappa shape index (κ1) is 19.3. The van der Waals surface area contributed by atoms with Crippen LogP contribution in [-0.2, 0) is 31.9 Å². The van der Waals surface area contributed by atoms with Crippen molar-refractivity contribution < 1.29 is 13.2 Å². The lowest BCUT2D eigenvalue weighted by atomic mass is 9.73. The zero-order valence-corrected chi connectivity index (χ0v) is 16.2. The summed E-state index contributed by atoms with van der Waals surface area (Å²) in [5.41, 5.74) is 6.49. The van der Waals surface area contributed by atoms with Crippen LogP contribution in [-0.4, -0.2) is 0 Å². The highest BCUT2D eigenvalue weighted by Gasteiger charge is 2.31. The van der Waals surface area contributed by atoms with Crippen LogP contribution in [0.15, 0.2) is 49.1 Å². The summed E-state index contributed by atoms with van der Waals surface area (Å²) in [7, 11) is 0. The Balaban J connectivity index is 1.50. The number of fused-ring (bicyclic) bond motifs is 3. The first-order valence-corrected chi connectivity index (χ1v) is 10.4. The fourth-order valence-electron chi connectivity index (χ4n) is 5.07. The van der Waals surface area contributed by atoms with Gasteiger partial charge >= 0.3 is 6.18 Å². The molecule has 0 amide bonds. The van der Waals surface area contributed by atoms with E-state index in [4.69, 9.17) is 0 Å². The van der Waals surface area contributed by atoms with Crippen LogP contribution in [0.5, 0.6) is 0 Å². The molecule has 0 N–H and O–H groups in total. The van der Waals surface area contributed by atoms with Gasteiger partial charge in [0.15, 0.2) is 0 Å². The number of halogens is 3. The molecule has 2 aliphatic carbocycles. The van der Waals surface area contributed by atoms with Crippen LogP contribution in [0.1, 0.15) is 65.0 Å². The van der Waals surface area contributed by atoms with Crippen molar-refractivity contribution in [3.63, 3.8) is 0 Å². The summed E-state index contributed by atoms with van der Waals surface area (Å²) in [5.74, 6) is 1.09. The van der Waals surface area contributed by atoms with Crippen molar-refractivity contribution in [2.75, 3.05) is 0 Å². The van der Waals surface area contributed by atoms with E-state index in [9.17, 15) is 13.2 Å². The molecule has 0 fully saturated rings. The summed E-state index contributed by atoms with van der Waals surface area (Å²) in [4.78, 5) is 0. The van der Waals surface area contributed by atoms with E-state index in [0.29, 0.717) is 5.92 Å². The maximum atomic E-state index is 12.8. The molecule has 0 aromatic heterocycles. The highest BCUT2D eigenvalue weighted by Crippen LogP contribution is 2.39. The predicted molar refractivity (Wildman–Crippen MR) is 108 cm³/mol. The minimum atomic E-state index is -4.26. The molecule has 0 aliphatic heterocycles. The van der Waals surface area contributed by atoms with E-state index in [2.05, 4.69) is 18.7 Å². The topological polar surface area (TPSA) is 0 Å². The van der Waals surface area contributed by atoms with Gasteiger partial charge in [-0.3, -0.25) is 0 Å². The maximum absolute atomic E-state index is 12.8. The van der Waals surface area contributed by atoms with Crippen molar-refractivity contribution >= 4 is 0 Å². The summed E-state index contributed by atoms with van der Waals surface area (Å²) >= 11 is 0. The molecular formula is C25H27F3. The van der Waals surface area contributed by atoms with Gasteiger partial charge in [-0.2, -0.15) is 13.2 Å².